The van der Waals surface area contributed by atoms with E-state index in [2.05, 4.69) is 0 Å². The molecule has 0 saturated heterocycles. The van der Waals surface area contributed by atoms with E-state index >= 15 is 0 Å². The number of halogens is 3. The maximum absolute atomic E-state index is 14.9. The molecule has 0 unspecified atom stereocenters. The molecule has 0 aliphatic heterocycles. The van der Waals surface area contributed by atoms with Gasteiger partial charge in [0.1, 0.15) is 5.75 Å². The van der Waals surface area contributed by atoms with Gasteiger partial charge in [-0.3, -0.25) is 0 Å². The van der Waals surface area contributed by atoms with Gasteiger partial charge in [0, 0.05) is 18.2 Å². The predicted octanol–water partition coefficient (Wildman–Crippen LogP) is 6.26. The maximum Gasteiger partial charge on any atom is 0.343 e. The van der Waals surface area contributed by atoms with Gasteiger partial charge in [0.05, 0.1) is 12.7 Å². The second-order valence-corrected chi connectivity index (χ2v) is 8.49. The van der Waals surface area contributed by atoms with Crippen molar-refractivity contribution in [2.45, 2.75) is 31.6 Å². The Morgan fingerprint density at radius 2 is 1.65 bits per heavy atom. The van der Waals surface area contributed by atoms with Gasteiger partial charge in [-0.15, -0.1) is 0 Å². The summed E-state index contributed by atoms with van der Waals surface area (Å²) in [6.07, 6.45) is 3.03. The zero-order valence-electron chi connectivity index (χ0n) is 18.7. The molecule has 0 radical (unpaired) electrons. The van der Waals surface area contributed by atoms with Crippen LogP contribution in [0.1, 0.15) is 47.5 Å². The van der Waals surface area contributed by atoms with Crippen LogP contribution in [0.5, 0.6) is 11.5 Å². The topological polar surface area (TPSA) is 55.8 Å². The first-order valence-electron chi connectivity index (χ1n) is 11.2. The lowest BCUT2D eigenvalue weighted by molar-refractivity contribution is 0.0734. The van der Waals surface area contributed by atoms with Crippen LogP contribution in [-0.4, -0.2) is 24.8 Å². The van der Waals surface area contributed by atoms with Crippen molar-refractivity contribution in [3.05, 3.63) is 83.2 Å². The van der Waals surface area contributed by atoms with Gasteiger partial charge in [-0.2, -0.15) is 0 Å². The number of esters is 1. The SMILES string of the molecule is COc1ccc(OC(=O)c2ccc(-c3ccc(C4CCC(CO)CC4)c(F)c3F)cc2)cc1F. The Kier molecular flexibility index (Phi) is 7.22. The maximum atomic E-state index is 14.9. The number of aliphatic hydroxyl groups excluding tert-OH is 1. The summed E-state index contributed by atoms with van der Waals surface area (Å²) >= 11 is 0. The normalized spacial score (nSPS) is 17.9. The average molecular weight is 470 g/mol. The molecule has 4 nitrogen and oxygen atoms in total. The van der Waals surface area contributed by atoms with Crippen molar-refractivity contribution in [2.75, 3.05) is 13.7 Å². The molecular formula is C27H25F3O4. The Bertz CT molecular complexity index is 1170. The summed E-state index contributed by atoms with van der Waals surface area (Å²) < 4.78 is 53.7. The molecule has 3 aromatic rings. The lowest BCUT2D eigenvalue weighted by atomic mass is 9.78. The second-order valence-electron chi connectivity index (χ2n) is 8.49. The fraction of sp³-hybridized carbons (Fsp3) is 0.296. The number of methoxy groups -OCH3 is 1. The van der Waals surface area contributed by atoms with Crippen LogP contribution in [0.15, 0.2) is 54.6 Å². The van der Waals surface area contributed by atoms with Gasteiger partial charge in [0.15, 0.2) is 23.2 Å². The quantitative estimate of drug-likeness (QED) is 0.341. The predicted molar refractivity (Wildman–Crippen MR) is 121 cm³/mol. The molecular weight excluding hydrogens is 445 g/mol. The fourth-order valence-electron chi connectivity index (χ4n) is 4.42. The van der Waals surface area contributed by atoms with Crippen LogP contribution < -0.4 is 9.47 Å². The van der Waals surface area contributed by atoms with Gasteiger partial charge < -0.3 is 14.6 Å². The van der Waals surface area contributed by atoms with E-state index < -0.39 is 23.4 Å². The van der Waals surface area contributed by atoms with E-state index in [-0.39, 0.29) is 41.1 Å². The summed E-state index contributed by atoms with van der Waals surface area (Å²) in [4.78, 5) is 12.4. The molecule has 3 aromatic carbocycles. The van der Waals surface area contributed by atoms with Gasteiger partial charge in [-0.25, -0.2) is 18.0 Å². The Labute approximate surface area is 196 Å². The summed E-state index contributed by atoms with van der Waals surface area (Å²) in [5.74, 6) is -2.93. The number of carbonyl (C=O) groups excluding carboxylic acids is 1. The van der Waals surface area contributed by atoms with E-state index in [0.29, 0.717) is 11.1 Å². The van der Waals surface area contributed by atoms with Crippen LogP contribution in [0.4, 0.5) is 13.2 Å². The van der Waals surface area contributed by atoms with Crippen molar-refractivity contribution < 1.29 is 32.5 Å². The highest BCUT2D eigenvalue weighted by molar-refractivity contribution is 5.91. The van der Waals surface area contributed by atoms with Crippen molar-refractivity contribution in [1.29, 1.82) is 0 Å². The molecule has 178 valence electrons. The fourth-order valence-corrected chi connectivity index (χ4v) is 4.42. The van der Waals surface area contributed by atoms with Crippen molar-refractivity contribution in [3.8, 4) is 22.6 Å². The summed E-state index contributed by atoms with van der Waals surface area (Å²) in [6.45, 7) is 0.128. The lowest BCUT2D eigenvalue weighted by Gasteiger charge is -2.28. The summed E-state index contributed by atoms with van der Waals surface area (Å²) in [7, 11) is 1.33. The molecule has 0 spiro atoms. The number of hydrogen-bond donors (Lipinski definition) is 1. The zero-order chi connectivity index (χ0) is 24.2. The van der Waals surface area contributed by atoms with Gasteiger partial charge in [-0.1, -0.05) is 24.3 Å². The van der Waals surface area contributed by atoms with Crippen molar-refractivity contribution >= 4 is 5.97 Å². The van der Waals surface area contributed by atoms with Crippen LogP contribution in [0, 0.1) is 23.4 Å². The Hall–Kier alpha value is -3.32. The molecule has 0 atom stereocenters. The van der Waals surface area contributed by atoms with Crippen molar-refractivity contribution in [2.24, 2.45) is 5.92 Å². The molecule has 0 heterocycles. The van der Waals surface area contributed by atoms with E-state index in [9.17, 15) is 23.1 Å². The Morgan fingerprint density at radius 1 is 0.941 bits per heavy atom. The molecule has 1 aliphatic rings. The lowest BCUT2D eigenvalue weighted by Crippen LogP contribution is -2.17. The third kappa shape index (κ3) is 4.94. The first-order valence-corrected chi connectivity index (χ1v) is 11.2. The molecule has 4 rings (SSSR count). The minimum atomic E-state index is -0.925. The van der Waals surface area contributed by atoms with Crippen molar-refractivity contribution in [3.63, 3.8) is 0 Å². The van der Waals surface area contributed by atoms with Crippen LogP contribution in [0.2, 0.25) is 0 Å². The number of carbonyl (C=O) groups is 1. The van der Waals surface area contributed by atoms with Crippen LogP contribution >= 0.6 is 0 Å². The van der Waals surface area contributed by atoms with Gasteiger partial charge >= 0.3 is 5.97 Å². The zero-order valence-corrected chi connectivity index (χ0v) is 18.7. The van der Waals surface area contributed by atoms with E-state index in [4.69, 9.17) is 9.47 Å². The van der Waals surface area contributed by atoms with E-state index in [1.165, 1.54) is 43.5 Å². The third-order valence-electron chi connectivity index (χ3n) is 6.42. The number of aliphatic hydroxyl groups is 1. The first-order chi connectivity index (χ1) is 16.4. The highest BCUT2D eigenvalue weighted by Crippen LogP contribution is 2.38. The van der Waals surface area contributed by atoms with Gasteiger partial charge in [0.2, 0.25) is 0 Å². The van der Waals surface area contributed by atoms with E-state index in [1.807, 2.05) is 0 Å². The highest BCUT2D eigenvalue weighted by Gasteiger charge is 2.26. The van der Waals surface area contributed by atoms with Crippen LogP contribution in [-0.2, 0) is 0 Å². The number of benzene rings is 3. The van der Waals surface area contributed by atoms with Gasteiger partial charge in [-0.05, 0) is 72.9 Å². The van der Waals surface area contributed by atoms with E-state index in [0.717, 1.165) is 31.7 Å². The Morgan fingerprint density at radius 3 is 2.26 bits per heavy atom. The molecule has 0 aromatic heterocycles. The monoisotopic (exact) mass is 470 g/mol. The summed E-state index contributed by atoms with van der Waals surface area (Å²) in [5.41, 5.74) is 1.06. The number of hydrogen-bond acceptors (Lipinski definition) is 4. The van der Waals surface area contributed by atoms with E-state index in [1.54, 1.807) is 12.1 Å². The number of rotatable bonds is 6. The number of ether oxygens (including phenoxy) is 2. The highest BCUT2D eigenvalue weighted by atomic mass is 19.2. The standard InChI is InChI=1S/C27H25F3O4/c1-33-24-13-10-20(14-23(24)28)34-27(32)19-8-6-18(7-9-19)22-12-11-21(25(29)26(22)30)17-4-2-16(15-31)3-5-17/h6-14,16-17,31H,2-5,15H2,1H3. The molecule has 0 amide bonds. The molecule has 0 bridgehead atoms. The molecule has 1 fully saturated rings. The summed E-state index contributed by atoms with van der Waals surface area (Å²) in [6, 6.07) is 12.9. The Balaban J connectivity index is 1.48. The molecule has 1 saturated carbocycles. The molecule has 34 heavy (non-hydrogen) atoms. The summed E-state index contributed by atoms with van der Waals surface area (Å²) in [5, 5.41) is 9.28. The van der Waals surface area contributed by atoms with Gasteiger partial charge in [0.25, 0.3) is 0 Å². The molecule has 1 aliphatic carbocycles. The molecule has 7 heteroatoms. The second kappa shape index (κ2) is 10.3. The minimum Gasteiger partial charge on any atom is -0.494 e. The smallest absolute Gasteiger partial charge is 0.343 e. The molecule has 1 N–H and O–H groups in total. The largest absolute Gasteiger partial charge is 0.494 e. The third-order valence-corrected chi connectivity index (χ3v) is 6.42. The van der Waals surface area contributed by atoms with Crippen LogP contribution in [0.25, 0.3) is 11.1 Å². The van der Waals surface area contributed by atoms with Crippen molar-refractivity contribution in [1.82, 2.24) is 0 Å². The minimum absolute atomic E-state index is 0.0177. The average Bonchev–Trinajstić information content (AvgIpc) is 2.86. The first kappa shape index (κ1) is 23.8. The van der Waals surface area contributed by atoms with Crippen LogP contribution in [0.3, 0.4) is 0 Å².